The Morgan fingerprint density at radius 3 is 2.54 bits per heavy atom. The van der Waals surface area contributed by atoms with Gasteiger partial charge in [0, 0.05) is 41.9 Å². The zero-order chi connectivity index (χ0) is 24.7. The number of rotatable bonds is 7. The molecule has 3 fully saturated rings. The van der Waals surface area contributed by atoms with E-state index >= 15 is 0 Å². The summed E-state index contributed by atoms with van der Waals surface area (Å²) < 4.78 is 27.4. The molecule has 2 aliphatic heterocycles. The Bertz CT molecular complexity index is 1040. The molecule has 3 heterocycles. The van der Waals surface area contributed by atoms with Gasteiger partial charge < -0.3 is 15.1 Å². The SMILES string of the molecule is C[C@@H](Nc1nc(N2CC([C@H]3CCCN([C@H]4C[C@@H](C)C4)C3)C2)ncc1C(F)F)c1ccc(Cl)cc1Cl. The number of alkyl halides is 2. The van der Waals surface area contributed by atoms with E-state index in [1.54, 1.807) is 18.2 Å². The number of likely N-dealkylation sites (tertiary alicyclic amines) is 1. The van der Waals surface area contributed by atoms with Crippen LogP contribution in [-0.2, 0) is 0 Å². The van der Waals surface area contributed by atoms with Crippen LogP contribution in [-0.4, -0.2) is 47.1 Å². The Kier molecular flexibility index (Phi) is 7.38. The lowest BCUT2D eigenvalue weighted by atomic mass is 9.76. The first kappa shape index (κ1) is 25.0. The van der Waals surface area contributed by atoms with Gasteiger partial charge in [0.05, 0.1) is 11.6 Å². The average molecular weight is 524 g/mol. The molecule has 2 aromatic rings. The average Bonchev–Trinajstić information content (AvgIpc) is 2.76. The summed E-state index contributed by atoms with van der Waals surface area (Å²) in [6.45, 7) is 8.39. The van der Waals surface area contributed by atoms with Gasteiger partial charge in [0.25, 0.3) is 6.43 Å². The van der Waals surface area contributed by atoms with Crippen LogP contribution in [0.15, 0.2) is 24.4 Å². The maximum atomic E-state index is 13.7. The Labute approximate surface area is 216 Å². The quantitative estimate of drug-likeness (QED) is 0.430. The number of nitrogens with zero attached hydrogens (tertiary/aromatic N) is 4. The molecule has 190 valence electrons. The lowest BCUT2D eigenvalue weighted by Gasteiger charge is -2.50. The fraction of sp³-hybridized carbons (Fsp3) is 0.615. The number of aromatic nitrogens is 2. The highest BCUT2D eigenvalue weighted by molar-refractivity contribution is 6.35. The van der Waals surface area contributed by atoms with E-state index < -0.39 is 6.43 Å². The van der Waals surface area contributed by atoms with E-state index in [1.165, 1.54) is 45.0 Å². The third-order valence-corrected chi connectivity index (χ3v) is 8.60. The van der Waals surface area contributed by atoms with Crippen LogP contribution >= 0.6 is 23.2 Å². The van der Waals surface area contributed by atoms with E-state index in [1.807, 2.05) is 6.92 Å². The molecule has 1 aliphatic carbocycles. The number of benzene rings is 1. The molecule has 0 amide bonds. The summed E-state index contributed by atoms with van der Waals surface area (Å²) in [7, 11) is 0. The number of hydrogen-bond acceptors (Lipinski definition) is 5. The summed E-state index contributed by atoms with van der Waals surface area (Å²) in [6.07, 6.45) is 3.79. The number of nitrogens with one attached hydrogen (secondary N) is 1. The zero-order valence-corrected chi connectivity index (χ0v) is 21.7. The molecule has 0 spiro atoms. The summed E-state index contributed by atoms with van der Waals surface area (Å²) in [5.41, 5.74) is 0.559. The van der Waals surface area contributed by atoms with Gasteiger partial charge in [-0.2, -0.15) is 4.98 Å². The topological polar surface area (TPSA) is 44.3 Å². The minimum Gasteiger partial charge on any atom is -0.363 e. The first-order valence-electron chi connectivity index (χ1n) is 12.6. The van der Waals surface area contributed by atoms with Crippen LogP contribution in [0.2, 0.25) is 10.0 Å². The van der Waals surface area contributed by atoms with Crippen molar-refractivity contribution in [3.05, 3.63) is 45.6 Å². The van der Waals surface area contributed by atoms with E-state index in [0.29, 0.717) is 27.8 Å². The second kappa shape index (κ2) is 10.3. The van der Waals surface area contributed by atoms with Crippen molar-refractivity contribution < 1.29 is 8.78 Å². The monoisotopic (exact) mass is 523 g/mol. The maximum absolute atomic E-state index is 13.7. The third-order valence-electron chi connectivity index (χ3n) is 8.04. The second-order valence-electron chi connectivity index (χ2n) is 10.6. The van der Waals surface area contributed by atoms with Crippen LogP contribution in [0.3, 0.4) is 0 Å². The lowest BCUT2D eigenvalue weighted by Crippen LogP contribution is -2.56. The first-order chi connectivity index (χ1) is 16.8. The summed E-state index contributed by atoms with van der Waals surface area (Å²) in [6, 6.07) is 5.63. The van der Waals surface area contributed by atoms with Crippen LogP contribution in [0.1, 0.15) is 63.1 Å². The smallest absolute Gasteiger partial charge is 0.268 e. The van der Waals surface area contributed by atoms with E-state index in [0.717, 1.165) is 30.6 Å². The molecule has 5 nitrogen and oxygen atoms in total. The summed E-state index contributed by atoms with van der Waals surface area (Å²) in [5.74, 6) is 2.82. The van der Waals surface area contributed by atoms with Gasteiger partial charge in [0.1, 0.15) is 5.82 Å². The Morgan fingerprint density at radius 2 is 1.86 bits per heavy atom. The van der Waals surface area contributed by atoms with Crippen molar-refractivity contribution in [3.63, 3.8) is 0 Å². The van der Waals surface area contributed by atoms with E-state index in [9.17, 15) is 8.78 Å². The highest BCUT2D eigenvalue weighted by atomic mass is 35.5. The Balaban J connectivity index is 1.24. The third kappa shape index (κ3) is 5.37. The predicted molar refractivity (Wildman–Crippen MR) is 138 cm³/mol. The molecule has 1 aromatic heterocycles. The van der Waals surface area contributed by atoms with E-state index in [-0.39, 0.29) is 17.4 Å². The van der Waals surface area contributed by atoms with Gasteiger partial charge in [-0.15, -0.1) is 0 Å². The standard InChI is InChI=1S/C26H33Cl2F2N5/c1-15-8-20(9-15)34-7-3-4-17(12-34)18-13-35(14-18)26-31-11-22(24(29)30)25(33-26)32-16(2)21-6-5-19(27)10-23(21)28/h5-6,10-11,15-18,20,24H,3-4,7-9,12-14H2,1-2H3,(H,31,32,33)/t15-,16-,17+,20+/m1/s1. The Hall–Kier alpha value is -1.70. The highest BCUT2D eigenvalue weighted by Crippen LogP contribution is 2.38. The largest absolute Gasteiger partial charge is 0.363 e. The van der Waals surface area contributed by atoms with Gasteiger partial charge in [-0.05, 0) is 74.6 Å². The molecule has 1 saturated carbocycles. The molecule has 1 aromatic carbocycles. The van der Waals surface area contributed by atoms with Crippen molar-refractivity contribution in [2.75, 3.05) is 36.4 Å². The summed E-state index contributed by atoms with van der Waals surface area (Å²) >= 11 is 12.3. The van der Waals surface area contributed by atoms with Gasteiger partial charge in [-0.3, -0.25) is 0 Å². The molecule has 3 aliphatic rings. The van der Waals surface area contributed by atoms with Crippen molar-refractivity contribution in [2.45, 2.75) is 58.0 Å². The molecule has 2 atom stereocenters. The number of halogens is 4. The zero-order valence-electron chi connectivity index (χ0n) is 20.2. The molecular formula is C26H33Cl2F2N5. The van der Waals surface area contributed by atoms with Crippen LogP contribution in [0.5, 0.6) is 0 Å². The van der Waals surface area contributed by atoms with Crippen molar-refractivity contribution in [2.24, 2.45) is 17.8 Å². The summed E-state index contributed by atoms with van der Waals surface area (Å²) in [5, 5.41) is 4.14. The fourth-order valence-corrected chi connectivity index (χ4v) is 6.41. The van der Waals surface area contributed by atoms with Gasteiger partial charge in [0.2, 0.25) is 5.95 Å². The molecule has 0 unspecified atom stereocenters. The van der Waals surface area contributed by atoms with Gasteiger partial charge in [0.15, 0.2) is 0 Å². The van der Waals surface area contributed by atoms with Crippen LogP contribution in [0.25, 0.3) is 0 Å². The van der Waals surface area contributed by atoms with Crippen molar-refractivity contribution >= 4 is 35.0 Å². The van der Waals surface area contributed by atoms with E-state index in [4.69, 9.17) is 23.2 Å². The number of piperidine rings is 1. The molecule has 5 rings (SSSR count). The van der Waals surface area contributed by atoms with Crippen LogP contribution < -0.4 is 10.2 Å². The minimum absolute atomic E-state index is 0.148. The van der Waals surface area contributed by atoms with E-state index in [2.05, 4.69) is 32.0 Å². The number of anilines is 2. The fourth-order valence-electron chi connectivity index (χ4n) is 5.83. The lowest BCUT2D eigenvalue weighted by molar-refractivity contribution is 0.0294. The first-order valence-corrected chi connectivity index (χ1v) is 13.4. The van der Waals surface area contributed by atoms with Crippen LogP contribution in [0.4, 0.5) is 20.5 Å². The van der Waals surface area contributed by atoms with Crippen molar-refractivity contribution in [1.29, 1.82) is 0 Å². The highest BCUT2D eigenvalue weighted by Gasteiger charge is 2.40. The van der Waals surface area contributed by atoms with Crippen LogP contribution in [0, 0.1) is 17.8 Å². The normalized spacial score (nSPS) is 26.4. The molecule has 2 saturated heterocycles. The van der Waals surface area contributed by atoms with Gasteiger partial charge in [-0.25, -0.2) is 13.8 Å². The maximum Gasteiger partial charge on any atom is 0.268 e. The molecule has 1 N–H and O–H groups in total. The predicted octanol–water partition coefficient (Wildman–Crippen LogP) is 6.84. The molecule has 35 heavy (non-hydrogen) atoms. The molecule has 0 radical (unpaired) electrons. The second-order valence-corrected chi connectivity index (χ2v) is 11.4. The molecule has 0 bridgehead atoms. The van der Waals surface area contributed by atoms with Gasteiger partial charge in [-0.1, -0.05) is 36.2 Å². The van der Waals surface area contributed by atoms with Crippen molar-refractivity contribution in [3.8, 4) is 0 Å². The minimum atomic E-state index is -2.67. The molecular weight excluding hydrogens is 491 g/mol. The number of hydrogen-bond donors (Lipinski definition) is 1. The molecule has 9 heteroatoms. The Morgan fingerprint density at radius 1 is 1.09 bits per heavy atom. The van der Waals surface area contributed by atoms with Crippen molar-refractivity contribution in [1.82, 2.24) is 14.9 Å². The summed E-state index contributed by atoms with van der Waals surface area (Å²) in [4.78, 5) is 13.6. The van der Waals surface area contributed by atoms with Gasteiger partial charge >= 0.3 is 0 Å².